The van der Waals surface area contributed by atoms with Crippen molar-refractivity contribution in [3.05, 3.63) is 42.1 Å². The van der Waals surface area contributed by atoms with Gasteiger partial charge >= 0.3 is 0 Å². The maximum Gasteiger partial charge on any atom is 0.0854 e. The minimum Gasteiger partial charge on any atom is -0.388 e. The Balaban J connectivity index is 1.77. The summed E-state index contributed by atoms with van der Waals surface area (Å²) < 4.78 is 0. The third-order valence-electron chi connectivity index (χ3n) is 4.97. The average molecular weight is 284 g/mol. The van der Waals surface area contributed by atoms with E-state index in [0.29, 0.717) is 5.92 Å². The van der Waals surface area contributed by atoms with E-state index in [4.69, 9.17) is 0 Å². The van der Waals surface area contributed by atoms with Gasteiger partial charge in [-0.2, -0.15) is 5.10 Å². The van der Waals surface area contributed by atoms with Gasteiger partial charge in [-0.3, -0.25) is 5.10 Å². The van der Waals surface area contributed by atoms with Gasteiger partial charge in [0.15, 0.2) is 0 Å². The Labute approximate surface area is 126 Å². The van der Waals surface area contributed by atoms with E-state index in [1.165, 1.54) is 19.3 Å². The third-order valence-corrected chi connectivity index (χ3v) is 4.97. The van der Waals surface area contributed by atoms with Gasteiger partial charge in [0.2, 0.25) is 0 Å². The van der Waals surface area contributed by atoms with Crippen LogP contribution in [-0.2, 0) is 0 Å². The van der Waals surface area contributed by atoms with E-state index < -0.39 is 6.10 Å². The van der Waals surface area contributed by atoms with E-state index in [1.807, 2.05) is 18.2 Å². The van der Waals surface area contributed by atoms with Gasteiger partial charge in [0.1, 0.15) is 0 Å². The number of nitrogens with one attached hydrogen (secondary N) is 1. The molecule has 1 aromatic carbocycles. The van der Waals surface area contributed by atoms with Gasteiger partial charge in [0.05, 0.1) is 18.0 Å². The van der Waals surface area contributed by atoms with Crippen LogP contribution in [0.3, 0.4) is 0 Å². The molecule has 1 fully saturated rings. The second kappa shape index (κ2) is 6.44. The second-order valence-corrected chi connectivity index (χ2v) is 6.20. The molecule has 1 atom stereocenters. The summed E-state index contributed by atoms with van der Waals surface area (Å²) in [6.45, 7) is 2.27. The van der Waals surface area contributed by atoms with Crippen LogP contribution in [0, 0.1) is 11.8 Å². The van der Waals surface area contributed by atoms with Crippen LogP contribution in [0.2, 0.25) is 0 Å². The summed E-state index contributed by atoms with van der Waals surface area (Å²) in [5.41, 5.74) is 2.99. The molecule has 0 amide bonds. The summed E-state index contributed by atoms with van der Waals surface area (Å²) in [7, 11) is 0. The number of aromatic nitrogens is 2. The number of hydrogen-bond donors (Lipinski definition) is 2. The molecular weight excluding hydrogens is 260 g/mol. The van der Waals surface area contributed by atoms with E-state index in [-0.39, 0.29) is 0 Å². The fraction of sp³-hybridized carbons (Fsp3) is 0.500. The van der Waals surface area contributed by atoms with Crippen LogP contribution < -0.4 is 0 Å². The number of aromatic amines is 1. The molecule has 1 aromatic heterocycles. The van der Waals surface area contributed by atoms with E-state index in [1.54, 1.807) is 6.20 Å². The van der Waals surface area contributed by atoms with E-state index in [2.05, 4.69) is 29.3 Å². The highest BCUT2D eigenvalue weighted by Crippen LogP contribution is 2.39. The normalized spacial score (nSPS) is 23.9. The van der Waals surface area contributed by atoms with Crippen molar-refractivity contribution in [2.24, 2.45) is 11.8 Å². The number of hydrogen-bond acceptors (Lipinski definition) is 2. The molecule has 0 spiro atoms. The lowest BCUT2D eigenvalue weighted by molar-refractivity contribution is 0.0734. The zero-order chi connectivity index (χ0) is 14.7. The lowest BCUT2D eigenvalue weighted by Crippen LogP contribution is -2.20. The first kappa shape index (κ1) is 14.3. The molecule has 21 heavy (non-hydrogen) atoms. The van der Waals surface area contributed by atoms with Gasteiger partial charge in [-0.1, -0.05) is 56.5 Å². The molecule has 3 rings (SSSR count). The lowest BCUT2D eigenvalue weighted by Gasteiger charge is -2.31. The fourth-order valence-corrected chi connectivity index (χ4v) is 3.52. The standard InChI is InChI=1S/C18H24N2O/c1-2-13-8-10-15(11-9-13)18(21)16-12-19-20-17(16)14-6-4-3-5-7-14/h3-7,12-13,15,18,21H,2,8-11H2,1H3,(H,19,20). The molecule has 112 valence electrons. The molecule has 1 saturated carbocycles. The lowest BCUT2D eigenvalue weighted by atomic mass is 9.77. The van der Waals surface area contributed by atoms with E-state index in [0.717, 1.165) is 35.6 Å². The highest BCUT2D eigenvalue weighted by molar-refractivity contribution is 5.62. The molecule has 0 aliphatic heterocycles. The SMILES string of the molecule is CCC1CCC(C(O)c2cn[nH]c2-c2ccccc2)CC1. The molecule has 2 N–H and O–H groups in total. The first-order chi connectivity index (χ1) is 10.3. The maximum atomic E-state index is 10.8. The van der Waals surface area contributed by atoms with Crippen molar-refractivity contribution in [3.63, 3.8) is 0 Å². The Bertz CT molecular complexity index is 556. The molecule has 1 unspecified atom stereocenters. The molecule has 3 heteroatoms. The summed E-state index contributed by atoms with van der Waals surface area (Å²) in [4.78, 5) is 0. The predicted molar refractivity (Wildman–Crippen MR) is 84.7 cm³/mol. The zero-order valence-corrected chi connectivity index (χ0v) is 12.6. The van der Waals surface area contributed by atoms with Gasteiger partial charge < -0.3 is 5.11 Å². The Kier molecular flexibility index (Phi) is 4.39. The highest BCUT2D eigenvalue weighted by Gasteiger charge is 2.29. The largest absolute Gasteiger partial charge is 0.388 e. The summed E-state index contributed by atoms with van der Waals surface area (Å²) in [6, 6.07) is 10.1. The van der Waals surface area contributed by atoms with Crippen molar-refractivity contribution in [2.75, 3.05) is 0 Å². The summed E-state index contributed by atoms with van der Waals surface area (Å²) in [6.07, 6.45) is 7.39. The molecule has 0 bridgehead atoms. The van der Waals surface area contributed by atoms with Gasteiger partial charge in [0.25, 0.3) is 0 Å². The van der Waals surface area contributed by atoms with Crippen molar-refractivity contribution in [2.45, 2.75) is 45.1 Å². The van der Waals surface area contributed by atoms with Crippen LogP contribution in [0.4, 0.5) is 0 Å². The van der Waals surface area contributed by atoms with E-state index >= 15 is 0 Å². The summed E-state index contributed by atoms with van der Waals surface area (Å²) in [5.74, 6) is 1.22. The minimum absolute atomic E-state index is 0.368. The molecule has 1 aliphatic carbocycles. The second-order valence-electron chi connectivity index (χ2n) is 6.20. The first-order valence-electron chi connectivity index (χ1n) is 8.06. The smallest absolute Gasteiger partial charge is 0.0854 e. The molecule has 2 aromatic rings. The quantitative estimate of drug-likeness (QED) is 0.878. The minimum atomic E-state index is -0.406. The number of benzene rings is 1. The van der Waals surface area contributed by atoms with Gasteiger partial charge in [-0.05, 0) is 30.2 Å². The zero-order valence-electron chi connectivity index (χ0n) is 12.6. The molecule has 3 nitrogen and oxygen atoms in total. The number of aliphatic hydroxyl groups is 1. The number of rotatable bonds is 4. The van der Waals surface area contributed by atoms with Crippen molar-refractivity contribution in [1.29, 1.82) is 0 Å². The van der Waals surface area contributed by atoms with Crippen LogP contribution in [0.1, 0.15) is 50.7 Å². The Hall–Kier alpha value is -1.61. The van der Waals surface area contributed by atoms with Crippen molar-refractivity contribution in [1.82, 2.24) is 10.2 Å². The molecule has 1 heterocycles. The molecule has 1 aliphatic rings. The Morgan fingerprint density at radius 1 is 1.19 bits per heavy atom. The summed E-state index contributed by atoms with van der Waals surface area (Å²) in [5, 5.41) is 18.0. The van der Waals surface area contributed by atoms with Crippen LogP contribution in [0.15, 0.2) is 36.5 Å². The number of aliphatic hydroxyl groups excluding tert-OH is 1. The third kappa shape index (κ3) is 3.03. The van der Waals surface area contributed by atoms with Crippen LogP contribution in [0.5, 0.6) is 0 Å². The summed E-state index contributed by atoms with van der Waals surface area (Å²) >= 11 is 0. The van der Waals surface area contributed by atoms with Crippen LogP contribution in [-0.4, -0.2) is 15.3 Å². The topological polar surface area (TPSA) is 48.9 Å². The highest BCUT2D eigenvalue weighted by atomic mass is 16.3. The maximum absolute atomic E-state index is 10.8. The first-order valence-corrected chi connectivity index (χ1v) is 8.06. The van der Waals surface area contributed by atoms with Gasteiger partial charge in [0, 0.05) is 5.56 Å². The number of nitrogens with zero attached hydrogens (tertiary/aromatic N) is 1. The Morgan fingerprint density at radius 2 is 1.90 bits per heavy atom. The monoisotopic (exact) mass is 284 g/mol. The van der Waals surface area contributed by atoms with Crippen molar-refractivity contribution < 1.29 is 5.11 Å². The van der Waals surface area contributed by atoms with Gasteiger partial charge in [-0.15, -0.1) is 0 Å². The fourth-order valence-electron chi connectivity index (χ4n) is 3.52. The Morgan fingerprint density at radius 3 is 2.57 bits per heavy atom. The van der Waals surface area contributed by atoms with Gasteiger partial charge in [-0.25, -0.2) is 0 Å². The number of H-pyrrole nitrogens is 1. The van der Waals surface area contributed by atoms with Crippen molar-refractivity contribution >= 4 is 0 Å². The van der Waals surface area contributed by atoms with Crippen molar-refractivity contribution in [3.8, 4) is 11.3 Å². The molecule has 0 radical (unpaired) electrons. The molecular formula is C18H24N2O. The van der Waals surface area contributed by atoms with E-state index in [9.17, 15) is 5.11 Å². The van der Waals surface area contributed by atoms with Crippen LogP contribution in [0.25, 0.3) is 11.3 Å². The molecule has 0 saturated heterocycles. The van der Waals surface area contributed by atoms with Crippen LogP contribution >= 0.6 is 0 Å². The predicted octanol–water partition coefficient (Wildman–Crippen LogP) is 4.33. The average Bonchev–Trinajstić information content (AvgIpc) is 3.04.